The first kappa shape index (κ1) is 15.1. The van der Waals surface area contributed by atoms with Crippen molar-refractivity contribution in [2.24, 2.45) is 0 Å². The van der Waals surface area contributed by atoms with Gasteiger partial charge in [-0.2, -0.15) is 0 Å². The first-order valence-electron chi connectivity index (χ1n) is 7.00. The maximum absolute atomic E-state index is 6.01. The molecule has 0 aliphatic rings. The second-order valence-corrected chi connectivity index (χ2v) is 5.71. The highest BCUT2D eigenvalue weighted by atomic mass is 79.9. The van der Waals surface area contributed by atoms with Crippen molar-refractivity contribution in [1.29, 1.82) is 0 Å². The Bertz CT molecular complexity index is 549. The van der Waals surface area contributed by atoms with Crippen LogP contribution >= 0.6 is 15.9 Å². The van der Waals surface area contributed by atoms with Crippen LogP contribution in [-0.4, -0.2) is 0 Å². The maximum Gasteiger partial charge on any atom is 0.125 e. The van der Waals surface area contributed by atoms with E-state index < -0.39 is 0 Å². The maximum atomic E-state index is 6.01. The number of ether oxygens (including phenoxy) is 1. The van der Waals surface area contributed by atoms with Crippen molar-refractivity contribution < 1.29 is 4.74 Å². The van der Waals surface area contributed by atoms with Crippen molar-refractivity contribution in [2.45, 2.75) is 39.1 Å². The molecular weight excluding hydrogens is 312 g/mol. The van der Waals surface area contributed by atoms with Gasteiger partial charge in [0.05, 0.1) is 0 Å². The third kappa shape index (κ3) is 3.63. The highest BCUT2D eigenvalue weighted by Gasteiger charge is 2.06. The fraction of sp³-hybridized carbons (Fsp3) is 0.333. The smallest absolute Gasteiger partial charge is 0.125 e. The van der Waals surface area contributed by atoms with Gasteiger partial charge in [-0.25, -0.2) is 0 Å². The number of alkyl halides is 1. The lowest BCUT2D eigenvalue weighted by Gasteiger charge is -2.14. The van der Waals surface area contributed by atoms with Gasteiger partial charge in [-0.05, 0) is 48.1 Å². The standard InChI is InChI=1S/C18H21BrO/c1-4-15-5-7-16(8-6-15)12-20-18-13(2)9-17(11-19)10-14(18)3/h5-10H,4,11-12H2,1-3H3. The Labute approximate surface area is 130 Å². The molecule has 2 aromatic rings. The average Bonchev–Trinajstić information content (AvgIpc) is 2.46. The largest absolute Gasteiger partial charge is 0.488 e. The first-order valence-corrected chi connectivity index (χ1v) is 8.13. The lowest BCUT2D eigenvalue weighted by Crippen LogP contribution is -2.00. The fourth-order valence-corrected chi connectivity index (χ4v) is 2.70. The van der Waals surface area contributed by atoms with Crippen molar-refractivity contribution in [2.75, 3.05) is 0 Å². The van der Waals surface area contributed by atoms with Gasteiger partial charge in [-0.3, -0.25) is 0 Å². The molecule has 2 rings (SSSR count). The average molecular weight is 333 g/mol. The number of aryl methyl sites for hydroxylation is 3. The summed E-state index contributed by atoms with van der Waals surface area (Å²) in [5.41, 5.74) is 6.27. The molecule has 106 valence electrons. The summed E-state index contributed by atoms with van der Waals surface area (Å²) >= 11 is 3.50. The Kier molecular flexibility index (Phi) is 5.24. The molecule has 2 aromatic carbocycles. The van der Waals surface area contributed by atoms with Crippen molar-refractivity contribution in [3.05, 3.63) is 64.2 Å². The SMILES string of the molecule is CCc1ccc(COc2c(C)cc(CBr)cc2C)cc1. The van der Waals surface area contributed by atoms with Crippen molar-refractivity contribution in [1.82, 2.24) is 0 Å². The second-order valence-electron chi connectivity index (χ2n) is 5.15. The van der Waals surface area contributed by atoms with E-state index in [4.69, 9.17) is 4.74 Å². The molecule has 0 unspecified atom stereocenters. The predicted molar refractivity (Wildman–Crippen MR) is 88.7 cm³/mol. The second kappa shape index (κ2) is 6.94. The molecule has 0 N–H and O–H groups in total. The Balaban J connectivity index is 2.10. The lowest BCUT2D eigenvalue weighted by atomic mass is 10.1. The fourth-order valence-electron chi connectivity index (χ4n) is 2.37. The summed E-state index contributed by atoms with van der Waals surface area (Å²) in [4.78, 5) is 0. The summed E-state index contributed by atoms with van der Waals surface area (Å²) in [6, 6.07) is 13.0. The molecule has 0 aromatic heterocycles. The highest BCUT2D eigenvalue weighted by molar-refractivity contribution is 9.08. The van der Waals surface area contributed by atoms with Crippen LogP contribution in [0.3, 0.4) is 0 Å². The summed E-state index contributed by atoms with van der Waals surface area (Å²) in [6.45, 7) is 7.01. The molecule has 0 bridgehead atoms. The molecule has 0 fully saturated rings. The molecule has 0 amide bonds. The third-order valence-corrected chi connectivity index (χ3v) is 4.14. The minimum atomic E-state index is 0.624. The van der Waals surface area contributed by atoms with Gasteiger partial charge in [0.15, 0.2) is 0 Å². The zero-order chi connectivity index (χ0) is 14.5. The molecule has 0 atom stereocenters. The van der Waals surface area contributed by atoms with Gasteiger partial charge in [-0.15, -0.1) is 0 Å². The molecule has 0 aliphatic heterocycles. The number of rotatable bonds is 5. The van der Waals surface area contributed by atoms with Crippen molar-refractivity contribution in [3.8, 4) is 5.75 Å². The molecule has 2 heteroatoms. The minimum Gasteiger partial charge on any atom is -0.488 e. The molecule has 0 saturated carbocycles. The number of benzene rings is 2. The van der Waals surface area contributed by atoms with Gasteiger partial charge in [0.1, 0.15) is 12.4 Å². The molecule has 0 saturated heterocycles. The van der Waals surface area contributed by atoms with E-state index >= 15 is 0 Å². The molecule has 0 heterocycles. The van der Waals surface area contributed by atoms with E-state index in [0.717, 1.165) is 17.5 Å². The third-order valence-electron chi connectivity index (χ3n) is 3.49. The summed E-state index contributed by atoms with van der Waals surface area (Å²) in [6.07, 6.45) is 1.08. The van der Waals surface area contributed by atoms with E-state index in [1.807, 2.05) is 0 Å². The van der Waals surface area contributed by atoms with E-state index in [1.165, 1.54) is 27.8 Å². The van der Waals surface area contributed by atoms with E-state index in [-0.39, 0.29) is 0 Å². The zero-order valence-electron chi connectivity index (χ0n) is 12.4. The number of hydrogen-bond acceptors (Lipinski definition) is 1. The Morgan fingerprint density at radius 1 is 0.900 bits per heavy atom. The quantitative estimate of drug-likeness (QED) is 0.671. The van der Waals surface area contributed by atoms with Crippen LogP contribution in [0.2, 0.25) is 0 Å². The molecule has 20 heavy (non-hydrogen) atoms. The van der Waals surface area contributed by atoms with Crippen LogP contribution in [-0.2, 0) is 18.4 Å². The van der Waals surface area contributed by atoms with E-state index in [9.17, 15) is 0 Å². The van der Waals surface area contributed by atoms with Gasteiger partial charge in [0, 0.05) is 5.33 Å². The van der Waals surface area contributed by atoms with E-state index in [1.54, 1.807) is 0 Å². The molecule has 0 radical (unpaired) electrons. The van der Waals surface area contributed by atoms with Gasteiger partial charge in [0.2, 0.25) is 0 Å². The summed E-state index contributed by atoms with van der Waals surface area (Å²) in [7, 11) is 0. The van der Waals surface area contributed by atoms with E-state index in [0.29, 0.717) is 6.61 Å². The molecule has 1 nitrogen and oxygen atoms in total. The van der Waals surface area contributed by atoms with Crippen molar-refractivity contribution >= 4 is 15.9 Å². The van der Waals surface area contributed by atoms with Crippen molar-refractivity contribution in [3.63, 3.8) is 0 Å². The summed E-state index contributed by atoms with van der Waals surface area (Å²) < 4.78 is 6.01. The number of halogens is 1. The van der Waals surface area contributed by atoms with Crippen LogP contribution in [0.1, 0.15) is 34.7 Å². The number of hydrogen-bond donors (Lipinski definition) is 0. The van der Waals surface area contributed by atoms with Crippen LogP contribution in [0, 0.1) is 13.8 Å². The van der Waals surface area contributed by atoms with Crippen LogP contribution in [0.4, 0.5) is 0 Å². The molecular formula is C18H21BrO. The highest BCUT2D eigenvalue weighted by Crippen LogP contribution is 2.26. The lowest BCUT2D eigenvalue weighted by molar-refractivity contribution is 0.302. The topological polar surface area (TPSA) is 9.23 Å². The minimum absolute atomic E-state index is 0.624. The van der Waals surface area contributed by atoms with Gasteiger partial charge in [0.25, 0.3) is 0 Å². The Morgan fingerprint density at radius 3 is 1.95 bits per heavy atom. The summed E-state index contributed by atoms with van der Waals surface area (Å²) in [5.74, 6) is 1.01. The molecule has 0 spiro atoms. The predicted octanol–water partition coefficient (Wildman–Crippen LogP) is 5.34. The first-order chi connectivity index (χ1) is 9.63. The van der Waals surface area contributed by atoms with Gasteiger partial charge < -0.3 is 4.74 Å². The monoisotopic (exact) mass is 332 g/mol. The molecule has 0 aliphatic carbocycles. The van der Waals surface area contributed by atoms with Crippen LogP contribution in [0.15, 0.2) is 36.4 Å². The van der Waals surface area contributed by atoms with E-state index in [2.05, 4.69) is 73.1 Å². The Morgan fingerprint density at radius 2 is 1.45 bits per heavy atom. The van der Waals surface area contributed by atoms with Gasteiger partial charge in [-0.1, -0.05) is 59.3 Å². The van der Waals surface area contributed by atoms with Crippen LogP contribution in [0.25, 0.3) is 0 Å². The normalized spacial score (nSPS) is 10.6. The van der Waals surface area contributed by atoms with Crippen LogP contribution < -0.4 is 4.74 Å². The van der Waals surface area contributed by atoms with Gasteiger partial charge >= 0.3 is 0 Å². The van der Waals surface area contributed by atoms with Crippen LogP contribution in [0.5, 0.6) is 5.75 Å². The zero-order valence-corrected chi connectivity index (χ0v) is 14.0. The Hall–Kier alpha value is -1.28. The summed E-state index contributed by atoms with van der Waals surface area (Å²) in [5, 5.41) is 0.882.